The van der Waals surface area contributed by atoms with Crippen LogP contribution in [0.1, 0.15) is 426 Å². The molecule has 0 amide bonds. The largest absolute Gasteiger partial charge is 0.472 e. The van der Waals surface area contributed by atoms with Gasteiger partial charge in [0.1, 0.15) is 19.3 Å². The summed E-state index contributed by atoms with van der Waals surface area (Å²) in [7, 11) is -9.94. The normalized spacial score (nSPS) is 14.0. The zero-order valence-corrected chi connectivity index (χ0v) is 69.0. The van der Waals surface area contributed by atoms with Crippen molar-refractivity contribution in [1.29, 1.82) is 0 Å². The van der Waals surface area contributed by atoms with E-state index in [0.29, 0.717) is 25.7 Å². The minimum Gasteiger partial charge on any atom is -0.462 e. The molecule has 0 spiro atoms. The number of allylic oxidation sites excluding steroid dienone is 6. The third-order valence-electron chi connectivity index (χ3n) is 19.1. The number of hydrogen-bond acceptors (Lipinski definition) is 15. The number of unbranched alkanes of at least 4 members (excludes halogenated alkanes) is 51. The molecule has 0 aromatic heterocycles. The van der Waals surface area contributed by atoms with Gasteiger partial charge in [-0.1, -0.05) is 353 Å². The van der Waals surface area contributed by atoms with Gasteiger partial charge in [0.25, 0.3) is 0 Å². The van der Waals surface area contributed by atoms with Gasteiger partial charge in [0.2, 0.25) is 0 Å². The summed E-state index contributed by atoms with van der Waals surface area (Å²) in [5.74, 6) is -2.14. The summed E-state index contributed by atoms with van der Waals surface area (Å²) >= 11 is 0. The Bertz CT molecular complexity index is 2110. The standard InChI is InChI=1S/C85H160O17P2/c1-5-9-13-17-21-25-29-33-37-39-43-46-50-54-58-62-66-70-83(88)96-76-80(101-84(89)71-67-63-59-55-51-47-42-36-32-28-24-20-16-12-8-4)77-99-103(91,92)97-73-79(86)74-98-104(93,94)100-78-81(75-95-82(87)69-65-61-57-53-49-45-41-35-31-27-23-19-15-11-7-3)102-85(90)72-68-64-60-56-52-48-44-40-38-34-30-26-22-18-14-10-6-2/h24,28,35-36,41-42,79-81,86H,5-23,25-27,29-34,37-40,43-78H2,1-4H3,(H,91,92)(H,93,94)/b28-24-,41-35-,42-36-/t79-,80+,81+/m0/s1. The number of aliphatic hydroxyl groups is 1. The molecular formula is C85H160O17P2. The Hall–Kier alpha value is -2.72. The lowest BCUT2D eigenvalue weighted by molar-refractivity contribution is -0.161. The summed E-state index contributed by atoms with van der Waals surface area (Å²) in [5, 5.41) is 10.7. The molecular weight excluding hydrogens is 1350 g/mol. The van der Waals surface area contributed by atoms with E-state index in [1.54, 1.807) is 0 Å². The van der Waals surface area contributed by atoms with E-state index in [1.165, 1.54) is 218 Å². The smallest absolute Gasteiger partial charge is 0.462 e. The molecule has 104 heavy (non-hydrogen) atoms. The van der Waals surface area contributed by atoms with Crippen LogP contribution in [0.15, 0.2) is 36.5 Å². The van der Waals surface area contributed by atoms with Gasteiger partial charge in [-0.25, -0.2) is 9.13 Å². The first-order chi connectivity index (χ1) is 50.7. The van der Waals surface area contributed by atoms with Gasteiger partial charge in [0, 0.05) is 25.7 Å². The van der Waals surface area contributed by atoms with Gasteiger partial charge in [0.15, 0.2) is 12.2 Å². The molecule has 0 saturated carbocycles. The van der Waals surface area contributed by atoms with Crippen molar-refractivity contribution in [2.75, 3.05) is 39.6 Å². The molecule has 0 aliphatic heterocycles. The molecule has 0 rings (SSSR count). The fourth-order valence-corrected chi connectivity index (χ4v) is 14.1. The van der Waals surface area contributed by atoms with Crippen LogP contribution < -0.4 is 0 Å². The SMILES string of the molecule is CCCCC/C=C\C/C=C\CCCCCCCC(=O)O[C@H](COC(=O)CCCCCCCCCCCCCCCCCCC)COP(=O)(O)OC[C@H](O)COP(=O)(O)OC[C@@H](COC(=O)CCCCCCC/C=C\CCCCCCCC)OC(=O)CCCCCCCCCCCCCCCCCCC. The van der Waals surface area contributed by atoms with Gasteiger partial charge in [-0.05, 0) is 83.5 Å². The summed E-state index contributed by atoms with van der Waals surface area (Å²) < 4.78 is 68.8. The van der Waals surface area contributed by atoms with Crippen LogP contribution >= 0.6 is 15.6 Å². The number of esters is 4. The minimum atomic E-state index is -4.97. The van der Waals surface area contributed by atoms with Crippen molar-refractivity contribution >= 4 is 39.5 Å². The van der Waals surface area contributed by atoms with Crippen LogP contribution in [0.3, 0.4) is 0 Å². The van der Waals surface area contributed by atoms with Crippen molar-refractivity contribution < 1.29 is 80.2 Å². The van der Waals surface area contributed by atoms with Gasteiger partial charge < -0.3 is 33.8 Å². The molecule has 2 unspecified atom stereocenters. The van der Waals surface area contributed by atoms with Crippen LogP contribution in [0.25, 0.3) is 0 Å². The monoisotopic (exact) mass is 1520 g/mol. The third-order valence-corrected chi connectivity index (χ3v) is 21.0. The molecule has 0 aliphatic carbocycles. The number of aliphatic hydroxyl groups excluding tert-OH is 1. The summed E-state index contributed by atoms with van der Waals surface area (Å²) in [6.45, 7) is 4.96. The first kappa shape index (κ1) is 101. The van der Waals surface area contributed by atoms with E-state index in [9.17, 15) is 43.2 Å². The molecule has 612 valence electrons. The van der Waals surface area contributed by atoms with Crippen molar-refractivity contribution in [1.82, 2.24) is 0 Å². The quantitative estimate of drug-likeness (QED) is 0.0169. The fourth-order valence-electron chi connectivity index (χ4n) is 12.5. The Balaban J connectivity index is 5.31. The highest BCUT2D eigenvalue weighted by Gasteiger charge is 2.30. The van der Waals surface area contributed by atoms with E-state index in [0.717, 1.165) is 128 Å². The Morgan fingerprint density at radius 1 is 0.269 bits per heavy atom. The molecule has 3 N–H and O–H groups in total. The Labute approximate surface area is 636 Å². The molecule has 0 radical (unpaired) electrons. The molecule has 17 nitrogen and oxygen atoms in total. The van der Waals surface area contributed by atoms with Crippen LogP contribution in [0.2, 0.25) is 0 Å². The second kappa shape index (κ2) is 78.4. The lowest BCUT2D eigenvalue weighted by Crippen LogP contribution is -2.30. The number of phosphoric ester groups is 2. The van der Waals surface area contributed by atoms with E-state index in [-0.39, 0.29) is 25.7 Å². The Morgan fingerprint density at radius 2 is 0.471 bits per heavy atom. The second-order valence-electron chi connectivity index (χ2n) is 29.5. The highest BCUT2D eigenvalue weighted by molar-refractivity contribution is 7.47. The minimum absolute atomic E-state index is 0.0866. The van der Waals surface area contributed by atoms with Gasteiger partial charge in [0.05, 0.1) is 26.4 Å². The van der Waals surface area contributed by atoms with Crippen molar-refractivity contribution in [2.45, 2.75) is 444 Å². The van der Waals surface area contributed by atoms with E-state index < -0.39 is 97.5 Å². The van der Waals surface area contributed by atoms with Gasteiger partial charge in [-0.15, -0.1) is 0 Å². The van der Waals surface area contributed by atoms with E-state index >= 15 is 0 Å². The van der Waals surface area contributed by atoms with Crippen molar-refractivity contribution in [3.05, 3.63) is 36.5 Å². The zero-order valence-electron chi connectivity index (χ0n) is 67.2. The van der Waals surface area contributed by atoms with E-state index in [4.69, 9.17) is 37.0 Å². The van der Waals surface area contributed by atoms with Crippen LogP contribution in [-0.4, -0.2) is 96.7 Å². The van der Waals surface area contributed by atoms with Gasteiger partial charge in [-0.2, -0.15) is 0 Å². The fraction of sp³-hybridized carbons (Fsp3) is 0.882. The van der Waals surface area contributed by atoms with Crippen LogP contribution in [0, 0.1) is 0 Å². The number of phosphoric acid groups is 2. The number of ether oxygens (including phenoxy) is 4. The lowest BCUT2D eigenvalue weighted by Gasteiger charge is -2.21. The molecule has 0 saturated heterocycles. The third kappa shape index (κ3) is 77.4. The first-order valence-corrected chi connectivity index (χ1v) is 46.2. The van der Waals surface area contributed by atoms with Crippen molar-refractivity contribution in [3.63, 3.8) is 0 Å². The molecule has 0 aliphatic rings. The molecule has 0 fully saturated rings. The van der Waals surface area contributed by atoms with Crippen LogP contribution in [0.5, 0.6) is 0 Å². The number of hydrogen-bond donors (Lipinski definition) is 3. The summed E-state index contributed by atoms with van der Waals surface area (Å²) in [5.41, 5.74) is 0. The van der Waals surface area contributed by atoms with Crippen LogP contribution in [0.4, 0.5) is 0 Å². The maximum Gasteiger partial charge on any atom is 0.472 e. The van der Waals surface area contributed by atoms with E-state index in [1.807, 2.05) is 0 Å². The molecule has 0 aromatic rings. The predicted molar refractivity (Wildman–Crippen MR) is 428 cm³/mol. The van der Waals surface area contributed by atoms with Crippen LogP contribution in [-0.2, 0) is 65.4 Å². The highest BCUT2D eigenvalue weighted by atomic mass is 31.2. The second-order valence-corrected chi connectivity index (χ2v) is 32.4. The zero-order chi connectivity index (χ0) is 76.0. The molecule has 0 heterocycles. The van der Waals surface area contributed by atoms with Gasteiger partial charge >= 0.3 is 39.5 Å². The average Bonchev–Trinajstić information content (AvgIpc) is 0.935. The summed E-state index contributed by atoms with van der Waals surface area (Å²) in [6.07, 6.45) is 76.7. The Kier molecular flexibility index (Phi) is 76.4. The van der Waals surface area contributed by atoms with E-state index in [2.05, 4.69) is 64.2 Å². The molecule has 0 aromatic carbocycles. The Morgan fingerprint density at radius 3 is 0.740 bits per heavy atom. The highest BCUT2D eigenvalue weighted by Crippen LogP contribution is 2.45. The average molecular weight is 1520 g/mol. The van der Waals surface area contributed by atoms with Crippen molar-refractivity contribution in [3.8, 4) is 0 Å². The number of rotatable bonds is 83. The maximum absolute atomic E-state index is 13.1. The van der Waals surface area contributed by atoms with Gasteiger partial charge in [-0.3, -0.25) is 37.3 Å². The number of carbonyl (C=O) groups excluding carboxylic acids is 4. The topological polar surface area (TPSA) is 237 Å². The predicted octanol–water partition coefficient (Wildman–Crippen LogP) is 25.5. The summed E-state index contributed by atoms with van der Waals surface area (Å²) in [6, 6.07) is 0. The van der Waals surface area contributed by atoms with Crippen molar-refractivity contribution in [2.24, 2.45) is 0 Å². The summed E-state index contributed by atoms with van der Waals surface area (Å²) in [4.78, 5) is 73.2. The molecule has 5 atom stereocenters. The molecule has 0 bridgehead atoms. The first-order valence-electron chi connectivity index (χ1n) is 43.2. The number of carbonyl (C=O) groups is 4. The molecule has 19 heteroatoms. The maximum atomic E-state index is 13.1. The lowest BCUT2D eigenvalue weighted by atomic mass is 10.0.